The van der Waals surface area contributed by atoms with E-state index in [0.717, 1.165) is 12.3 Å². The van der Waals surface area contributed by atoms with Gasteiger partial charge in [-0.05, 0) is 68.2 Å². The van der Waals surface area contributed by atoms with Crippen molar-refractivity contribution in [2.24, 2.45) is 23.7 Å². The first-order chi connectivity index (χ1) is 15.5. The normalized spacial score (nSPS) is 28.2. The second kappa shape index (κ2) is 11.5. The topological polar surface area (TPSA) is 26.3 Å². The Morgan fingerprint density at radius 3 is 1.97 bits per heavy atom. The van der Waals surface area contributed by atoms with E-state index >= 15 is 0 Å². The van der Waals surface area contributed by atoms with E-state index in [0.29, 0.717) is 24.4 Å². The molecule has 196 valence electrons. The molecule has 0 aliphatic heterocycles. The van der Waals surface area contributed by atoms with Crippen LogP contribution in [-0.2, 0) is 9.53 Å². The quantitative estimate of drug-likeness (QED) is 0.167. The maximum atomic E-state index is 11.5. The lowest BCUT2D eigenvalue weighted by molar-refractivity contribution is -0.141. The molecule has 3 aliphatic rings. The predicted molar refractivity (Wildman–Crippen MR) is 162 cm³/mol. The van der Waals surface area contributed by atoms with Gasteiger partial charge in [0.2, 0.25) is 0 Å². The maximum absolute atomic E-state index is 11.5. The molecule has 0 N–H and O–H groups in total. The van der Waals surface area contributed by atoms with Crippen LogP contribution in [0, 0.1) is 23.7 Å². The van der Waals surface area contributed by atoms with E-state index in [1.54, 1.807) is 12.5 Å². The zero-order valence-corrected chi connectivity index (χ0v) is 28.4. The fraction of sp³-hybridized carbons (Fsp3) is 0.821. The van der Waals surface area contributed by atoms with E-state index in [-0.39, 0.29) is 5.97 Å². The van der Waals surface area contributed by atoms with Crippen LogP contribution in [0.4, 0.5) is 0 Å². The molecule has 0 amide bonds. The van der Waals surface area contributed by atoms with Gasteiger partial charge < -0.3 is 4.74 Å². The largest absolute Gasteiger partial charge is 0.466 e. The number of carbonyl (C=O) groups is 1. The number of hydrogen-bond donors (Lipinski definition) is 0. The zero-order chi connectivity index (χ0) is 25.9. The molecule has 0 radical (unpaired) electrons. The molecular formula is C28H56O2Si4. The van der Waals surface area contributed by atoms with Crippen LogP contribution in [0.25, 0.3) is 0 Å². The first-order valence-corrected chi connectivity index (χ1v) is 29.7. The van der Waals surface area contributed by atoms with Crippen molar-refractivity contribution in [1.82, 2.24) is 0 Å². The molecule has 2 nitrogen and oxygen atoms in total. The summed E-state index contributed by atoms with van der Waals surface area (Å²) in [5.74, 6) is 2.53. The average Bonchev–Trinajstić information content (AvgIpc) is 2.62. The van der Waals surface area contributed by atoms with E-state index in [1.165, 1.54) is 44.6 Å². The zero-order valence-electron chi connectivity index (χ0n) is 24.4. The van der Waals surface area contributed by atoms with Crippen LogP contribution < -0.4 is 0 Å². The molecule has 0 aromatic carbocycles. The third kappa shape index (κ3) is 6.57. The molecule has 0 spiro atoms. The molecule has 0 saturated heterocycles. The number of ether oxygens (including phenoxy) is 1. The van der Waals surface area contributed by atoms with Crippen LogP contribution in [-0.4, -0.2) is 42.0 Å². The number of hydrogen-bond acceptors (Lipinski definition) is 2. The standard InChI is InChI=1S/C28H56O2Si4/c1-12-25-16-13-24-14-17-26(19-21-30-23(2)29)28(25)27(18-15-24)20-22-34(31(3,4)5,32(6,7)8)33(9,10)11/h12,20,24-26,28H,1,13-19,21-22H2,2-11H3/b27-20+/t24-,25+,26-,28+/m0/s1. The Labute approximate surface area is 215 Å². The molecule has 2 bridgehead atoms. The van der Waals surface area contributed by atoms with Crippen molar-refractivity contribution < 1.29 is 9.53 Å². The molecule has 3 rings (SSSR count). The molecule has 0 heterocycles. The molecule has 3 saturated carbocycles. The maximum Gasteiger partial charge on any atom is 0.302 e. The summed E-state index contributed by atoms with van der Waals surface area (Å²) in [6, 6.07) is 1.44. The number of fused-ring (bicyclic) bond motifs is 6. The van der Waals surface area contributed by atoms with Crippen molar-refractivity contribution in [3.05, 3.63) is 24.3 Å². The summed E-state index contributed by atoms with van der Waals surface area (Å²) >= 11 is 0. The van der Waals surface area contributed by atoms with Crippen molar-refractivity contribution in [2.75, 3.05) is 6.61 Å². The summed E-state index contributed by atoms with van der Waals surface area (Å²) in [6.45, 7) is 29.5. The van der Waals surface area contributed by atoms with Crippen LogP contribution >= 0.6 is 0 Å². The van der Waals surface area contributed by atoms with Crippen molar-refractivity contribution >= 4 is 35.4 Å². The van der Waals surface area contributed by atoms with Crippen LogP contribution in [0.3, 0.4) is 0 Å². The van der Waals surface area contributed by atoms with Crippen LogP contribution in [0.1, 0.15) is 51.9 Å². The molecule has 0 unspecified atom stereocenters. The lowest BCUT2D eigenvalue weighted by atomic mass is 9.64. The average molecular weight is 537 g/mol. The first-order valence-electron chi connectivity index (χ1n) is 14.0. The Hall–Kier alpha value is -0.182. The number of esters is 1. The van der Waals surface area contributed by atoms with E-state index < -0.39 is 29.4 Å². The monoisotopic (exact) mass is 536 g/mol. The lowest BCUT2D eigenvalue weighted by Gasteiger charge is -2.57. The fourth-order valence-corrected chi connectivity index (χ4v) is 105. The second-order valence-corrected chi connectivity index (χ2v) is 55.9. The van der Waals surface area contributed by atoms with Gasteiger partial charge in [-0.3, -0.25) is 4.79 Å². The number of allylic oxidation sites excluding steroid dienone is 3. The van der Waals surface area contributed by atoms with Gasteiger partial charge in [-0.2, -0.15) is 0 Å². The summed E-state index contributed by atoms with van der Waals surface area (Å²) in [5, 5.41) is 0. The molecule has 0 aromatic rings. The molecule has 0 aromatic heterocycles. The highest BCUT2D eigenvalue weighted by atomic mass is 29.9. The Balaban J connectivity index is 2.54. The Morgan fingerprint density at radius 2 is 1.47 bits per heavy atom. The first kappa shape index (κ1) is 30.0. The van der Waals surface area contributed by atoms with E-state index in [9.17, 15) is 4.79 Å². The van der Waals surface area contributed by atoms with E-state index in [2.05, 4.69) is 77.7 Å². The lowest BCUT2D eigenvalue weighted by Crippen LogP contribution is -2.82. The molecule has 3 aliphatic carbocycles. The number of rotatable bonds is 9. The third-order valence-corrected chi connectivity index (χ3v) is 83.6. The van der Waals surface area contributed by atoms with Crippen LogP contribution in [0.15, 0.2) is 24.3 Å². The summed E-state index contributed by atoms with van der Waals surface area (Å²) < 4.78 is 5.45. The van der Waals surface area contributed by atoms with Gasteiger partial charge in [-0.25, -0.2) is 0 Å². The van der Waals surface area contributed by atoms with Crippen molar-refractivity contribution in [3.8, 4) is 0 Å². The predicted octanol–water partition coefficient (Wildman–Crippen LogP) is 8.58. The van der Waals surface area contributed by atoms with Crippen LogP contribution in [0.2, 0.25) is 65.0 Å². The van der Waals surface area contributed by atoms with Gasteiger partial charge in [0.1, 0.15) is 0 Å². The van der Waals surface area contributed by atoms with Crippen molar-refractivity contribution in [1.29, 1.82) is 0 Å². The minimum Gasteiger partial charge on any atom is -0.466 e. The smallest absolute Gasteiger partial charge is 0.302 e. The van der Waals surface area contributed by atoms with Gasteiger partial charge in [0.05, 0.1) is 6.61 Å². The molecular weight excluding hydrogens is 481 g/mol. The van der Waals surface area contributed by atoms with E-state index in [1.807, 2.05) is 0 Å². The van der Waals surface area contributed by atoms with Gasteiger partial charge in [-0.1, -0.05) is 83.1 Å². The molecule has 34 heavy (non-hydrogen) atoms. The minimum absolute atomic E-state index is 0.139. The highest BCUT2D eigenvalue weighted by Gasteiger charge is 2.60. The SMILES string of the molecule is C=C[C@@H]1CC[C@@H]2CC/C(=C\C[Si]([Si](C)(C)C)([Si](C)(C)C)[Si](C)(C)C)[C@H]1[C@H](CCOC(C)=O)CC2. The molecule has 6 heteroatoms. The van der Waals surface area contributed by atoms with Crippen molar-refractivity contribution in [3.63, 3.8) is 0 Å². The third-order valence-electron chi connectivity index (χ3n) is 9.70. The van der Waals surface area contributed by atoms with E-state index in [4.69, 9.17) is 4.74 Å². The molecule has 3 fully saturated rings. The van der Waals surface area contributed by atoms with Gasteiger partial charge in [-0.15, -0.1) is 6.58 Å². The van der Waals surface area contributed by atoms with Gasteiger partial charge in [0.25, 0.3) is 0 Å². The number of carbonyl (C=O) groups excluding carboxylic acids is 1. The van der Waals surface area contributed by atoms with Crippen molar-refractivity contribution in [2.45, 2.75) is 117 Å². The summed E-state index contributed by atoms with van der Waals surface area (Å²) in [5.41, 5.74) is 1.77. The Morgan fingerprint density at radius 1 is 0.912 bits per heavy atom. The van der Waals surface area contributed by atoms with Gasteiger partial charge in [0.15, 0.2) is 0 Å². The summed E-state index contributed by atoms with van der Waals surface area (Å²) in [6.07, 6.45) is 14.1. The fourth-order valence-electron chi connectivity index (χ4n) is 8.89. The van der Waals surface area contributed by atoms with Crippen LogP contribution in [0.5, 0.6) is 0 Å². The van der Waals surface area contributed by atoms with Gasteiger partial charge in [0, 0.05) is 36.3 Å². The summed E-state index contributed by atoms with van der Waals surface area (Å²) in [7, 11) is -3.85. The second-order valence-electron chi connectivity index (χ2n) is 14.5. The molecule has 4 atom stereocenters. The Kier molecular flexibility index (Phi) is 10.1. The Bertz CT molecular complexity index is 703. The minimum atomic E-state index is -1.40. The summed E-state index contributed by atoms with van der Waals surface area (Å²) in [4.78, 5) is 11.5. The van der Waals surface area contributed by atoms with Gasteiger partial charge >= 0.3 is 5.97 Å². The highest BCUT2D eigenvalue weighted by molar-refractivity contribution is 7.89. The highest BCUT2D eigenvalue weighted by Crippen LogP contribution is 2.48.